The normalized spacial score (nSPS) is 14.2. The monoisotopic (exact) mass is 347 g/mol. The van der Waals surface area contributed by atoms with E-state index >= 15 is 0 Å². The fourth-order valence-electron chi connectivity index (χ4n) is 2.72. The van der Waals surface area contributed by atoms with E-state index in [2.05, 4.69) is 0 Å². The number of nitrogens with zero attached hydrogens (tertiary/aromatic N) is 3. The Bertz CT molecular complexity index is 760. The highest BCUT2D eigenvalue weighted by molar-refractivity contribution is 6.24. The minimum atomic E-state index is -1.18. The summed E-state index contributed by atoms with van der Waals surface area (Å²) in [5.41, 5.74) is -0.911. The van der Waals surface area contributed by atoms with Gasteiger partial charge in [-0.3, -0.25) is 29.4 Å². The number of rotatable bonds is 7. The number of nitro groups is 1. The van der Waals surface area contributed by atoms with Crippen molar-refractivity contribution in [2.24, 2.45) is 0 Å². The van der Waals surface area contributed by atoms with Crippen LogP contribution in [0.1, 0.15) is 40.5 Å². The van der Waals surface area contributed by atoms with Crippen LogP contribution in [0.3, 0.4) is 0 Å². The zero-order valence-electron chi connectivity index (χ0n) is 13.8. The van der Waals surface area contributed by atoms with Gasteiger partial charge in [0.25, 0.3) is 17.5 Å². The first-order chi connectivity index (χ1) is 11.8. The molecule has 0 saturated heterocycles. The van der Waals surface area contributed by atoms with Crippen molar-refractivity contribution in [3.8, 4) is 0 Å². The average molecular weight is 347 g/mol. The van der Waals surface area contributed by atoms with Gasteiger partial charge in [-0.05, 0) is 19.4 Å². The number of hydrogen-bond donors (Lipinski definition) is 0. The van der Waals surface area contributed by atoms with E-state index in [9.17, 15) is 29.3 Å². The van der Waals surface area contributed by atoms with Gasteiger partial charge in [0.1, 0.15) is 17.9 Å². The van der Waals surface area contributed by atoms with E-state index in [-0.39, 0.29) is 24.0 Å². The Labute approximate surface area is 143 Å². The largest absolute Gasteiger partial charge is 0.344 e. The Balaban J connectivity index is 2.50. The summed E-state index contributed by atoms with van der Waals surface area (Å²) < 4.78 is 0. The van der Waals surface area contributed by atoms with Gasteiger partial charge in [-0.25, -0.2) is 0 Å². The van der Waals surface area contributed by atoms with E-state index < -0.39 is 34.4 Å². The van der Waals surface area contributed by atoms with E-state index in [0.29, 0.717) is 12.8 Å². The van der Waals surface area contributed by atoms with Gasteiger partial charge in [0.15, 0.2) is 0 Å². The van der Waals surface area contributed by atoms with Gasteiger partial charge in [0.2, 0.25) is 5.91 Å². The average Bonchev–Trinajstić information content (AvgIpc) is 2.86. The summed E-state index contributed by atoms with van der Waals surface area (Å²) in [6.07, 6.45) is 0.530. The Morgan fingerprint density at radius 3 is 2.60 bits per heavy atom. The van der Waals surface area contributed by atoms with E-state index in [0.717, 1.165) is 11.0 Å². The molecule has 3 amide bonds. The van der Waals surface area contributed by atoms with Crippen molar-refractivity contribution in [3.63, 3.8) is 0 Å². The first-order valence-electron chi connectivity index (χ1n) is 7.69. The molecular weight excluding hydrogens is 330 g/mol. The summed E-state index contributed by atoms with van der Waals surface area (Å²) in [6.45, 7) is 2.07. The Kier molecular flexibility index (Phi) is 5.26. The number of carbonyl (C=O) groups excluding carboxylic acids is 4. The van der Waals surface area contributed by atoms with E-state index in [4.69, 9.17) is 0 Å². The lowest BCUT2D eigenvalue weighted by atomic mass is 10.1. The quantitative estimate of drug-likeness (QED) is 0.314. The van der Waals surface area contributed by atoms with Crippen molar-refractivity contribution in [1.29, 1.82) is 0 Å². The van der Waals surface area contributed by atoms with Crippen molar-refractivity contribution < 1.29 is 24.1 Å². The number of fused-ring (bicyclic) bond motifs is 1. The Hall–Kier alpha value is -3.10. The molecule has 1 unspecified atom stereocenters. The van der Waals surface area contributed by atoms with Crippen molar-refractivity contribution in [3.05, 3.63) is 39.4 Å². The van der Waals surface area contributed by atoms with Crippen LogP contribution in [0.25, 0.3) is 0 Å². The van der Waals surface area contributed by atoms with Crippen LogP contribution in [0.4, 0.5) is 5.69 Å². The van der Waals surface area contributed by atoms with Crippen LogP contribution in [-0.4, -0.2) is 58.4 Å². The first kappa shape index (κ1) is 18.2. The molecule has 132 valence electrons. The number of carbonyl (C=O) groups is 4. The molecule has 0 spiro atoms. The lowest BCUT2D eigenvalue weighted by Crippen LogP contribution is -2.50. The van der Waals surface area contributed by atoms with Gasteiger partial charge in [-0.2, -0.15) is 0 Å². The second-order valence-electron chi connectivity index (χ2n) is 5.55. The summed E-state index contributed by atoms with van der Waals surface area (Å²) in [5.74, 6) is -2.15. The molecule has 2 rings (SSSR count). The van der Waals surface area contributed by atoms with Crippen molar-refractivity contribution in [2.75, 3.05) is 13.6 Å². The van der Waals surface area contributed by atoms with Gasteiger partial charge in [0.05, 0.1) is 10.5 Å². The van der Waals surface area contributed by atoms with Crippen LogP contribution >= 0.6 is 0 Å². The molecule has 0 aliphatic carbocycles. The molecule has 25 heavy (non-hydrogen) atoms. The van der Waals surface area contributed by atoms with Gasteiger partial charge in [0, 0.05) is 26.1 Å². The number of likely N-dealkylation sites (N-methyl/N-ethyl adjacent to an activating group) is 1. The second kappa shape index (κ2) is 7.20. The van der Waals surface area contributed by atoms with E-state index in [1.165, 1.54) is 24.1 Å². The molecule has 1 aliphatic rings. The van der Waals surface area contributed by atoms with Crippen LogP contribution in [0.15, 0.2) is 18.2 Å². The lowest BCUT2D eigenvalue weighted by Gasteiger charge is -2.28. The SMILES string of the molecule is CCN(C)C(=O)C(CCC=O)N1C(=O)c2cccc([N+](=O)[O-])c2C1=O. The third-order valence-corrected chi connectivity index (χ3v) is 4.13. The molecule has 1 heterocycles. The van der Waals surface area contributed by atoms with Crippen LogP contribution in [0, 0.1) is 10.1 Å². The number of nitro benzene ring substituents is 1. The third kappa shape index (κ3) is 3.12. The van der Waals surface area contributed by atoms with Crippen molar-refractivity contribution in [1.82, 2.24) is 9.80 Å². The molecule has 0 saturated carbocycles. The van der Waals surface area contributed by atoms with E-state index in [1.54, 1.807) is 6.92 Å². The zero-order valence-corrected chi connectivity index (χ0v) is 13.8. The molecule has 0 bridgehead atoms. The zero-order chi connectivity index (χ0) is 18.7. The molecule has 1 aliphatic heterocycles. The highest BCUT2D eigenvalue weighted by Gasteiger charge is 2.46. The van der Waals surface area contributed by atoms with Gasteiger partial charge < -0.3 is 9.69 Å². The smallest absolute Gasteiger partial charge is 0.282 e. The number of amides is 3. The second-order valence-corrected chi connectivity index (χ2v) is 5.55. The number of benzene rings is 1. The topological polar surface area (TPSA) is 118 Å². The summed E-state index contributed by atoms with van der Waals surface area (Å²) in [7, 11) is 1.51. The number of aldehydes is 1. The van der Waals surface area contributed by atoms with E-state index in [1.807, 2.05) is 0 Å². The third-order valence-electron chi connectivity index (χ3n) is 4.13. The Morgan fingerprint density at radius 2 is 2.04 bits per heavy atom. The maximum Gasteiger partial charge on any atom is 0.282 e. The van der Waals surface area contributed by atoms with Crippen molar-refractivity contribution >= 4 is 29.7 Å². The van der Waals surface area contributed by atoms with Gasteiger partial charge >= 0.3 is 0 Å². The molecule has 1 aromatic carbocycles. The van der Waals surface area contributed by atoms with Crippen LogP contribution in [0.5, 0.6) is 0 Å². The molecule has 0 N–H and O–H groups in total. The minimum Gasteiger partial charge on any atom is -0.344 e. The standard InChI is InChI=1S/C16H17N3O6/c1-3-17(2)15(22)12(8-5-9-20)18-14(21)10-6-4-7-11(19(24)25)13(10)16(18)23/h4,6-7,9,12H,3,5,8H2,1-2H3. The van der Waals surface area contributed by atoms with Crippen LogP contribution in [0.2, 0.25) is 0 Å². The fraction of sp³-hybridized carbons (Fsp3) is 0.375. The molecule has 0 aromatic heterocycles. The first-order valence-corrected chi connectivity index (χ1v) is 7.69. The molecule has 0 radical (unpaired) electrons. The summed E-state index contributed by atoms with van der Waals surface area (Å²) in [4.78, 5) is 61.1. The fourth-order valence-corrected chi connectivity index (χ4v) is 2.72. The highest BCUT2D eigenvalue weighted by Crippen LogP contribution is 2.32. The molecule has 9 heteroatoms. The van der Waals surface area contributed by atoms with Gasteiger partial charge in [-0.15, -0.1) is 0 Å². The molecule has 1 atom stereocenters. The molecular formula is C16H17N3O6. The molecule has 0 fully saturated rings. The predicted molar refractivity (Wildman–Crippen MR) is 86.0 cm³/mol. The maximum atomic E-state index is 12.7. The minimum absolute atomic E-state index is 0.0243. The summed E-state index contributed by atoms with van der Waals surface area (Å²) >= 11 is 0. The summed E-state index contributed by atoms with van der Waals surface area (Å²) in [6, 6.07) is 2.58. The van der Waals surface area contributed by atoms with Crippen LogP contribution in [-0.2, 0) is 9.59 Å². The van der Waals surface area contributed by atoms with Crippen molar-refractivity contribution in [2.45, 2.75) is 25.8 Å². The van der Waals surface area contributed by atoms with Gasteiger partial charge in [-0.1, -0.05) is 6.07 Å². The number of hydrogen-bond acceptors (Lipinski definition) is 6. The Morgan fingerprint density at radius 1 is 1.36 bits per heavy atom. The number of imide groups is 1. The molecule has 9 nitrogen and oxygen atoms in total. The molecule has 1 aromatic rings. The summed E-state index contributed by atoms with van der Waals surface area (Å²) in [5, 5.41) is 11.2. The highest BCUT2D eigenvalue weighted by atomic mass is 16.6. The maximum absolute atomic E-state index is 12.7. The van der Waals surface area contributed by atoms with Crippen LogP contribution < -0.4 is 0 Å². The predicted octanol–water partition coefficient (Wildman–Crippen LogP) is 1.02. The lowest BCUT2D eigenvalue weighted by molar-refractivity contribution is -0.385.